The lowest BCUT2D eigenvalue weighted by Crippen LogP contribution is -2.53. The second kappa shape index (κ2) is 9.36. The number of rotatable bonds is 12. The summed E-state index contributed by atoms with van der Waals surface area (Å²) in [5.41, 5.74) is 0. The number of hydrogen-bond donors (Lipinski definition) is 2. The van der Waals surface area contributed by atoms with Crippen molar-refractivity contribution in [2.45, 2.75) is 18.6 Å². The van der Waals surface area contributed by atoms with Gasteiger partial charge in [0, 0.05) is 0 Å². The van der Waals surface area contributed by atoms with Crippen LogP contribution in [0.4, 0.5) is 0 Å². The fourth-order valence-corrected chi connectivity index (χ4v) is 2.73. The van der Waals surface area contributed by atoms with E-state index in [1.807, 2.05) is 0 Å². The van der Waals surface area contributed by atoms with Gasteiger partial charge in [-0.1, -0.05) is 0 Å². The minimum atomic E-state index is -1.98. The van der Waals surface area contributed by atoms with Crippen LogP contribution in [0.2, 0.25) is 0 Å². The van der Waals surface area contributed by atoms with Gasteiger partial charge in [0.25, 0.3) is 0 Å². The first kappa shape index (κ1) is 25.1. The number of quaternary nitrogens is 2. The molecule has 0 fully saturated rings. The van der Waals surface area contributed by atoms with E-state index >= 15 is 0 Å². The Hall–Kier alpha value is -1.88. The highest BCUT2D eigenvalue weighted by atomic mass is 16.4. The number of nitrogens with zero attached hydrogens (tertiary/aromatic N) is 2. The van der Waals surface area contributed by atoms with Crippen molar-refractivity contribution in [1.29, 1.82) is 0 Å². The number of Topliss-reactive ketones (excluding diaryl/α,β-unsaturated/α-hetero) is 2. The molecule has 27 heavy (non-hydrogen) atoms. The molecule has 0 aliphatic heterocycles. The van der Waals surface area contributed by atoms with Crippen LogP contribution in [-0.4, -0.2) is 110 Å². The summed E-state index contributed by atoms with van der Waals surface area (Å²) in [5, 5.41) is 42.7. The van der Waals surface area contributed by atoms with Crippen molar-refractivity contribution in [3.05, 3.63) is 0 Å². The van der Waals surface area contributed by atoms with Gasteiger partial charge in [0.05, 0.1) is 72.5 Å². The fraction of sp³-hybridized carbons (Fsp3) is 0.765. The van der Waals surface area contributed by atoms with Crippen LogP contribution in [0.15, 0.2) is 0 Å². The number of aliphatic hydroxyl groups excluding tert-OH is 2. The van der Waals surface area contributed by atoms with E-state index in [1.165, 1.54) is 0 Å². The Morgan fingerprint density at radius 3 is 1.15 bits per heavy atom. The first-order valence-electron chi connectivity index (χ1n) is 8.40. The first-order chi connectivity index (χ1) is 12.0. The van der Waals surface area contributed by atoms with E-state index in [9.17, 15) is 39.6 Å². The average Bonchev–Trinajstić information content (AvgIpc) is 2.31. The molecule has 0 aromatic heterocycles. The van der Waals surface area contributed by atoms with E-state index in [-0.39, 0.29) is 22.1 Å². The van der Waals surface area contributed by atoms with Crippen molar-refractivity contribution >= 4 is 23.5 Å². The van der Waals surface area contributed by atoms with E-state index in [2.05, 4.69) is 0 Å². The Morgan fingerprint density at radius 2 is 0.963 bits per heavy atom. The molecule has 0 amide bonds. The summed E-state index contributed by atoms with van der Waals surface area (Å²) in [4.78, 5) is 47.1. The minimum absolute atomic E-state index is 0.105. The summed E-state index contributed by atoms with van der Waals surface area (Å²) in [7, 11) is 9.99. The van der Waals surface area contributed by atoms with Gasteiger partial charge < -0.3 is 39.0 Å². The Bertz CT molecular complexity index is 526. The topological polar surface area (TPSA) is 155 Å². The summed E-state index contributed by atoms with van der Waals surface area (Å²) < 4.78 is 0.298. The predicted octanol–water partition coefficient (Wildman–Crippen LogP) is -4.62. The molecule has 4 atom stereocenters. The molecule has 0 saturated carbocycles. The molecule has 156 valence electrons. The molecule has 0 heterocycles. The van der Waals surface area contributed by atoms with Crippen molar-refractivity contribution < 1.29 is 48.6 Å². The molecule has 10 nitrogen and oxygen atoms in total. The molecule has 10 heteroatoms. The smallest absolute Gasteiger partial charge is 0.151 e. The van der Waals surface area contributed by atoms with Crippen LogP contribution < -0.4 is 10.2 Å². The Balaban J connectivity index is 5.37. The average molecular weight is 390 g/mol. The zero-order chi connectivity index (χ0) is 21.7. The number of carboxylic acids is 2. The number of carbonyl (C=O) groups is 4. The third-order valence-electron chi connectivity index (χ3n) is 3.79. The van der Waals surface area contributed by atoms with Crippen LogP contribution in [-0.2, 0) is 19.2 Å². The van der Waals surface area contributed by atoms with Crippen molar-refractivity contribution in [1.82, 2.24) is 0 Å². The van der Waals surface area contributed by atoms with Crippen LogP contribution in [0.1, 0.15) is 6.42 Å². The molecule has 4 unspecified atom stereocenters. The third-order valence-corrected chi connectivity index (χ3v) is 3.79. The predicted molar refractivity (Wildman–Crippen MR) is 89.4 cm³/mol. The number of hydrogen-bond acceptors (Lipinski definition) is 8. The molecule has 0 rings (SSSR count). The molecule has 0 spiro atoms. The zero-order valence-electron chi connectivity index (χ0n) is 16.7. The third kappa shape index (κ3) is 9.05. The zero-order valence-corrected chi connectivity index (χ0v) is 16.7. The largest absolute Gasteiger partial charge is 0.549 e. The molecule has 0 aromatic carbocycles. The SMILES string of the molecule is C[N+](C)(C)CC(O)C(C(=O)[O-])C(=O)CC(=O)C(C(=O)[O-])C(O)C[N+](C)(C)C. The van der Waals surface area contributed by atoms with Gasteiger partial charge in [-0.3, -0.25) is 9.59 Å². The van der Waals surface area contributed by atoms with Crippen LogP contribution in [0, 0.1) is 11.8 Å². The second-order valence-corrected chi connectivity index (χ2v) is 8.78. The molecule has 0 radical (unpaired) electrons. The van der Waals surface area contributed by atoms with Crippen LogP contribution in [0.25, 0.3) is 0 Å². The van der Waals surface area contributed by atoms with Crippen molar-refractivity contribution in [3.8, 4) is 0 Å². The van der Waals surface area contributed by atoms with Gasteiger partial charge >= 0.3 is 0 Å². The van der Waals surface area contributed by atoms with Crippen molar-refractivity contribution in [3.63, 3.8) is 0 Å². The van der Waals surface area contributed by atoms with Crippen molar-refractivity contribution in [2.24, 2.45) is 11.8 Å². The van der Waals surface area contributed by atoms with Gasteiger partial charge in [-0.25, -0.2) is 0 Å². The minimum Gasteiger partial charge on any atom is -0.549 e. The van der Waals surface area contributed by atoms with Gasteiger partial charge in [-0.15, -0.1) is 0 Å². The first-order valence-corrected chi connectivity index (χ1v) is 8.40. The lowest BCUT2D eigenvalue weighted by molar-refractivity contribution is -0.873. The number of aliphatic carboxylic acids is 2. The Labute approximate surface area is 158 Å². The molecule has 0 aromatic rings. The molecular weight excluding hydrogens is 360 g/mol. The standard InChI is InChI=1S/C17H30N2O8/c1-18(2,3)8-12(22)14(16(24)25)10(20)7-11(21)15(17(26)27)13(23)9-19(4,5)6/h12-15,22-23H,7-9H2,1-6H3. The van der Waals surface area contributed by atoms with E-state index in [0.717, 1.165) is 0 Å². The van der Waals surface area contributed by atoms with Gasteiger partial charge in [0.15, 0.2) is 11.6 Å². The molecule has 0 aliphatic carbocycles. The number of ketones is 2. The Kier molecular flexibility index (Phi) is 8.71. The van der Waals surface area contributed by atoms with Gasteiger partial charge in [-0.2, -0.15) is 0 Å². The van der Waals surface area contributed by atoms with E-state index < -0.39 is 54.0 Å². The van der Waals surface area contributed by atoms with Crippen LogP contribution >= 0.6 is 0 Å². The lowest BCUT2D eigenvalue weighted by atomic mass is 9.88. The van der Waals surface area contributed by atoms with Gasteiger partial charge in [-0.05, 0) is 0 Å². The molecule has 0 bridgehead atoms. The fourth-order valence-electron chi connectivity index (χ4n) is 2.73. The lowest BCUT2D eigenvalue weighted by Gasteiger charge is -2.32. The van der Waals surface area contributed by atoms with Crippen molar-refractivity contribution in [2.75, 3.05) is 55.4 Å². The van der Waals surface area contributed by atoms with E-state index in [0.29, 0.717) is 0 Å². The number of aliphatic hydroxyl groups is 2. The monoisotopic (exact) mass is 390 g/mol. The maximum Gasteiger partial charge on any atom is 0.151 e. The molecule has 0 aliphatic rings. The number of carboxylic acid groups (broad SMARTS) is 2. The second-order valence-electron chi connectivity index (χ2n) is 8.78. The quantitative estimate of drug-likeness (QED) is 0.249. The van der Waals surface area contributed by atoms with Gasteiger partial charge in [0.2, 0.25) is 0 Å². The number of likely N-dealkylation sites (N-methyl/N-ethyl adjacent to an activating group) is 2. The summed E-state index contributed by atoms with van der Waals surface area (Å²) >= 11 is 0. The molecule has 0 saturated heterocycles. The summed E-state index contributed by atoms with van der Waals surface area (Å²) in [5.74, 6) is -10.0. The Morgan fingerprint density at radius 1 is 0.704 bits per heavy atom. The summed E-state index contributed by atoms with van der Waals surface area (Å²) in [6.07, 6.45) is -4.31. The van der Waals surface area contributed by atoms with E-state index in [4.69, 9.17) is 0 Å². The van der Waals surface area contributed by atoms with Crippen LogP contribution in [0.3, 0.4) is 0 Å². The van der Waals surface area contributed by atoms with E-state index in [1.54, 1.807) is 42.3 Å². The maximum absolute atomic E-state index is 12.2. The number of carbonyl (C=O) groups excluding carboxylic acids is 4. The summed E-state index contributed by atoms with van der Waals surface area (Å²) in [6.45, 7) is -0.209. The molecular formula is C17H30N2O8. The van der Waals surface area contributed by atoms with Gasteiger partial charge in [0.1, 0.15) is 25.3 Å². The highest BCUT2D eigenvalue weighted by Gasteiger charge is 2.37. The highest BCUT2D eigenvalue weighted by Crippen LogP contribution is 2.16. The summed E-state index contributed by atoms with van der Waals surface area (Å²) in [6, 6.07) is 0. The maximum atomic E-state index is 12.2. The highest BCUT2D eigenvalue weighted by molar-refractivity contribution is 6.11. The van der Waals surface area contributed by atoms with Crippen LogP contribution in [0.5, 0.6) is 0 Å². The molecule has 2 N–H and O–H groups in total. The normalized spacial score (nSPS) is 16.9.